The highest BCUT2D eigenvalue weighted by atomic mass is 19.1. The summed E-state index contributed by atoms with van der Waals surface area (Å²) < 4.78 is 20.1. The molecule has 132 valence electrons. The number of methoxy groups -OCH3 is 1. The molecule has 0 fully saturated rings. The predicted octanol–water partition coefficient (Wildman–Crippen LogP) is 3.93. The van der Waals surface area contributed by atoms with Gasteiger partial charge in [0.1, 0.15) is 11.3 Å². The number of nitrogens with zero attached hydrogens (tertiary/aromatic N) is 2. The Morgan fingerprint density at radius 2 is 1.88 bits per heavy atom. The van der Waals surface area contributed by atoms with Gasteiger partial charge in [0.15, 0.2) is 5.75 Å². The van der Waals surface area contributed by atoms with E-state index in [9.17, 15) is 14.6 Å². The van der Waals surface area contributed by atoms with Crippen molar-refractivity contribution in [2.75, 3.05) is 7.11 Å². The molecule has 2 heterocycles. The molecule has 0 aliphatic rings. The minimum Gasteiger partial charge on any atom is -0.505 e. The van der Waals surface area contributed by atoms with Crippen molar-refractivity contribution in [3.05, 3.63) is 65.7 Å². The maximum atomic E-state index is 13.1. The van der Waals surface area contributed by atoms with Gasteiger partial charge in [-0.05, 0) is 29.3 Å². The fraction of sp³-hybridized carbons (Fsp3) is 0.150. The molecule has 4 aromatic rings. The normalized spacial score (nSPS) is 11.5. The van der Waals surface area contributed by atoms with Gasteiger partial charge in [-0.15, -0.1) is 0 Å². The Balaban J connectivity index is 1.95. The lowest BCUT2D eigenvalue weighted by Crippen LogP contribution is -1.97. The van der Waals surface area contributed by atoms with Crippen molar-refractivity contribution in [3.8, 4) is 11.6 Å². The van der Waals surface area contributed by atoms with Crippen LogP contribution in [-0.2, 0) is 17.9 Å². The molecule has 0 radical (unpaired) electrons. The number of aromatic nitrogens is 2. The van der Waals surface area contributed by atoms with Crippen LogP contribution in [0.15, 0.2) is 48.8 Å². The van der Waals surface area contributed by atoms with Crippen LogP contribution in [0.4, 0.5) is 4.39 Å². The molecule has 5 nitrogen and oxygen atoms in total. The third-order valence-electron chi connectivity index (χ3n) is 4.52. The van der Waals surface area contributed by atoms with E-state index in [1.165, 1.54) is 12.1 Å². The highest BCUT2D eigenvalue weighted by Crippen LogP contribution is 2.42. The maximum Gasteiger partial charge on any atom is 0.203 e. The molecule has 4 rings (SSSR count). The number of pyridine rings is 1. The zero-order valence-corrected chi connectivity index (χ0v) is 14.1. The molecular formula is C20H17FN2O3. The van der Waals surface area contributed by atoms with Crippen LogP contribution < -0.4 is 0 Å². The molecule has 0 aliphatic carbocycles. The van der Waals surface area contributed by atoms with Crippen LogP contribution in [0.2, 0.25) is 0 Å². The summed E-state index contributed by atoms with van der Waals surface area (Å²) >= 11 is 0. The first-order chi connectivity index (χ1) is 12.6. The number of hydrogen-bond acceptors (Lipinski definition) is 4. The van der Waals surface area contributed by atoms with Gasteiger partial charge in [0.2, 0.25) is 5.88 Å². The first-order valence-corrected chi connectivity index (χ1v) is 8.14. The summed E-state index contributed by atoms with van der Waals surface area (Å²) in [4.78, 5) is 4.25. The zero-order chi connectivity index (χ0) is 18.3. The molecular weight excluding hydrogens is 335 g/mol. The van der Waals surface area contributed by atoms with E-state index < -0.39 is 0 Å². The van der Waals surface area contributed by atoms with E-state index >= 15 is 0 Å². The number of rotatable bonds is 4. The molecule has 2 N–H and O–H groups in total. The summed E-state index contributed by atoms with van der Waals surface area (Å²) in [6.45, 7) is 0.662. The van der Waals surface area contributed by atoms with E-state index in [1.807, 2.05) is 6.07 Å². The Hall–Kier alpha value is -3.12. The molecule has 0 saturated carbocycles. The smallest absolute Gasteiger partial charge is 0.203 e. The zero-order valence-electron chi connectivity index (χ0n) is 14.1. The van der Waals surface area contributed by atoms with E-state index in [-0.39, 0.29) is 17.4 Å². The lowest BCUT2D eigenvalue weighted by Gasteiger charge is -2.09. The number of hydrogen-bond donors (Lipinski definition) is 2. The molecule has 2 aromatic carbocycles. The van der Waals surface area contributed by atoms with Crippen molar-refractivity contribution in [2.24, 2.45) is 0 Å². The molecule has 0 amide bonds. The van der Waals surface area contributed by atoms with Crippen LogP contribution in [0.25, 0.3) is 21.7 Å². The quantitative estimate of drug-likeness (QED) is 0.584. The van der Waals surface area contributed by atoms with Gasteiger partial charge in [-0.3, -0.25) is 4.98 Å². The largest absolute Gasteiger partial charge is 0.505 e. The third-order valence-corrected chi connectivity index (χ3v) is 4.52. The van der Waals surface area contributed by atoms with Crippen LogP contribution in [-0.4, -0.2) is 26.9 Å². The molecule has 6 heteroatoms. The third kappa shape index (κ3) is 2.55. The first kappa shape index (κ1) is 16.4. The van der Waals surface area contributed by atoms with Gasteiger partial charge in [-0.1, -0.05) is 18.2 Å². The van der Waals surface area contributed by atoms with Crippen molar-refractivity contribution < 1.29 is 19.3 Å². The Morgan fingerprint density at radius 1 is 1.12 bits per heavy atom. The lowest BCUT2D eigenvalue weighted by molar-refractivity contribution is 0.187. The topological polar surface area (TPSA) is 67.5 Å². The van der Waals surface area contributed by atoms with Gasteiger partial charge in [0.05, 0.1) is 18.5 Å². The summed E-state index contributed by atoms with van der Waals surface area (Å²) in [6, 6.07) is 9.73. The number of benzene rings is 2. The van der Waals surface area contributed by atoms with E-state index in [0.717, 1.165) is 16.5 Å². The second kappa shape index (κ2) is 6.31. The Morgan fingerprint density at radius 3 is 2.62 bits per heavy atom. The molecule has 26 heavy (non-hydrogen) atoms. The minimum atomic E-state index is -0.312. The molecule has 0 saturated heterocycles. The van der Waals surface area contributed by atoms with Crippen LogP contribution in [0.1, 0.15) is 11.1 Å². The summed E-state index contributed by atoms with van der Waals surface area (Å²) in [5.41, 5.74) is 2.09. The van der Waals surface area contributed by atoms with Crippen LogP contribution in [0.3, 0.4) is 0 Å². The lowest BCUT2D eigenvalue weighted by atomic mass is 10.0. The molecule has 2 aromatic heterocycles. The Labute approximate surface area is 148 Å². The molecule has 0 bridgehead atoms. The Kier molecular flexibility index (Phi) is 3.97. The van der Waals surface area contributed by atoms with Crippen LogP contribution >= 0.6 is 0 Å². The summed E-state index contributed by atoms with van der Waals surface area (Å²) in [5, 5.41) is 23.2. The monoisotopic (exact) mass is 352 g/mol. The molecule has 0 unspecified atom stereocenters. The van der Waals surface area contributed by atoms with Crippen molar-refractivity contribution in [1.29, 1.82) is 0 Å². The summed E-state index contributed by atoms with van der Waals surface area (Å²) in [5.74, 6) is -0.439. The predicted molar refractivity (Wildman–Crippen MR) is 96.8 cm³/mol. The Bertz CT molecular complexity index is 1100. The van der Waals surface area contributed by atoms with Crippen molar-refractivity contribution >= 4 is 21.7 Å². The second-order valence-corrected chi connectivity index (χ2v) is 6.16. The maximum absolute atomic E-state index is 13.1. The highest BCUT2D eigenvalue weighted by molar-refractivity contribution is 6.09. The molecule has 0 aliphatic heterocycles. The highest BCUT2D eigenvalue weighted by Gasteiger charge is 2.20. The minimum absolute atomic E-state index is 0.0632. The summed E-state index contributed by atoms with van der Waals surface area (Å²) in [6.07, 6.45) is 3.37. The van der Waals surface area contributed by atoms with Gasteiger partial charge in [-0.2, -0.15) is 0 Å². The number of fused-ring (bicyclic) bond motifs is 2. The first-order valence-electron chi connectivity index (χ1n) is 8.14. The molecule has 0 atom stereocenters. The summed E-state index contributed by atoms with van der Waals surface area (Å²) in [7, 11) is 1.59. The SMILES string of the molecule is COCc1c2cccnc2c(O)c2c(O)n(Cc3ccc(F)cc3)cc12. The average Bonchev–Trinajstić information content (AvgIpc) is 2.97. The number of ether oxygens (including phenoxy) is 1. The van der Waals surface area contributed by atoms with Crippen LogP contribution in [0, 0.1) is 5.82 Å². The van der Waals surface area contributed by atoms with Crippen molar-refractivity contribution in [1.82, 2.24) is 9.55 Å². The standard InChI is InChI=1S/C20H17FN2O3/c1-26-11-16-14-3-2-8-22-18(14)19(24)17-15(16)10-23(20(17)25)9-12-4-6-13(21)7-5-12/h2-8,10,24-25H,9,11H2,1H3. The van der Waals surface area contributed by atoms with E-state index in [2.05, 4.69) is 4.98 Å². The van der Waals surface area contributed by atoms with Gasteiger partial charge in [-0.25, -0.2) is 4.39 Å². The number of halogens is 1. The van der Waals surface area contributed by atoms with E-state index in [0.29, 0.717) is 29.4 Å². The van der Waals surface area contributed by atoms with Gasteiger partial charge in [0.25, 0.3) is 0 Å². The van der Waals surface area contributed by atoms with Gasteiger partial charge >= 0.3 is 0 Å². The number of phenolic OH excluding ortho intramolecular Hbond substituents is 1. The molecule has 0 spiro atoms. The fourth-order valence-corrected chi connectivity index (χ4v) is 3.32. The van der Waals surface area contributed by atoms with Crippen LogP contribution in [0.5, 0.6) is 11.6 Å². The second-order valence-electron chi connectivity index (χ2n) is 6.16. The van der Waals surface area contributed by atoms with Gasteiger partial charge in [0, 0.05) is 30.3 Å². The van der Waals surface area contributed by atoms with E-state index in [1.54, 1.807) is 42.3 Å². The van der Waals surface area contributed by atoms with Gasteiger partial charge < -0.3 is 19.5 Å². The van der Waals surface area contributed by atoms with Crippen molar-refractivity contribution in [2.45, 2.75) is 13.2 Å². The van der Waals surface area contributed by atoms with E-state index in [4.69, 9.17) is 4.74 Å². The average molecular weight is 352 g/mol. The number of aromatic hydroxyl groups is 2. The fourth-order valence-electron chi connectivity index (χ4n) is 3.32. The number of phenols is 1. The van der Waals surface area contributed by atoms with Crippen molar-refractivity contribution in [3.63, 3.8) is 0 Å².